The Labute approximate surface area is 157 Å². The van der Waals surface area contributed by atoms with E-state index in [2.05, 4.69) is 20.5 Å². The van der Waals surface area contributed by atoms with E-state index in [4.69, 9.17) is 39.9 Å². The van der Waals surface area contributed by atoms with Crippen LogP contribution in [0.15, 0.2) is 29.4 Å². The van der Waals surface area contributed by atoms with Crippen molar-refractivity contribution in [1.29, 1.82) is 0 Å². The molecule has 0 spiro atoms. The molecule has 0 aliphatic carbocycles. The van der Waals surface area contributed by atoms with E-state index >= 15 is 0 Å². The van der Waals surface area contributed by atoms with Crippen LogP contribution < -0.4 is 5.43 Å². The maximum atomic E-state index is 11.2. The van der Waals surface area contributed by atoms with Gasteiger partial charge in [-0.25, -0.2) is 9.78 Å². The van der Waals surface area contributed by atoms with E-state index in [-0.39, 0.29) is 20.9 Å². The highest BCUT2D eigenvalue weighted by Crippen LogP contribution is 2.36. The number of nitrogens with one attached hydrogen (secondary N) is 2. The minimum atomic E-state index is -1.32. The molecule has 0 saturated heterocycles. The van der Waals surface area contributed by atoms with Gasteiger partial charge in [0.25, 0.3) is 0 Å². The average molecular weight is 398 g/mol. The number of anilines is 1. The molecule has 6 nitrogen and oxygen atoms in total. The van der Waals surface area contributed by atoms with Gasteiger partial charge in [-0.05, 0) is 13.0 Å². The van der Waals surface area contributed by atoms with Crippen molar-refractivity contribution in [1.82, 2.24) is 9.97 Å². The molecule has 3 aromatic rings. The van der Waals surface area contributed by atoms with Crippen LogP contribution in [-0.2, 0) is 0 Å². The van der Waals surface area contributed by atoms with E-state index in [1.54, 1.807) is 6.21 Å². The Bertz CT molecular complexity index is 1010. The number of hydrogen-bond acceptors (Lipinski definition) is 4. The van der Waals surface area contributed by atoms with Crippen LogP contribution in [0.1, 0.15) is 21.7 Å². The third kappa shape index (κ3) is 3.28. The minimum absolute atomic E-state index is 0.00975. The van der Waals surface area contributed by atoms with Crippen LogP contribution in [0.5, 0.6) is 0 Å². The number of halogens is 3. The first kappa shape index (κ1) is 17.5. The lowest BCUT2D eigenvalue weighted by molar-refractivity contribution is 0.0691. The zero-order valence-electron chi connectivity index (χ0n) is 12.8. The van der Waals surface area contributed by atoms with Crippen molar-refractivity contribution in [3.8, 4) is 0 Å². The first-order valence-electron chi connectivity index (χ1n) is 7.04. The maximum Gasteiger partial charge on any atom is 0.356 e. The largest absolute Gasteiger partial charge is 0.476 e. The Balaban J connectivity index is 1.97. The number of aromatic amines is 1. The molecule has 3 N–H and O–H groups in total. The summed E-state index contributed by atoms with van der Waals surface area (Å²) in [6.45, 7) is 1.92. The predicted molar refractivity (Wildman–Crippen MR) is 100 cm³/mol. The lowest BCUT2D eigenvalue weighted by atomic mass is 10.1. The molecule has 0 fully saturated rings. The van der Waals surface area contributed by atoms with Crippen LogP contribution in [0.4, 0.5) is 5.69 Å². The highest BCUT2D eigenvalue weighted by molar-refractivity contribution is 6.46. The summed E-state index contributed by atoms with van der Waals surface area (Å²) in [6, 6.07) is 7.79. The lowest BCUT2D eigenvalue weighted by Crippen LogP contribution is -2.05. The number of aromatic carboxylic acids is 1. The molecule has 9 heteroatoms. The molecular formula is C16H11Cl3N4O2. The topological polar surface area (TPSA) is 90.4 Å². The van der Waals surface area contributed by atoms with Crippen LogP contribution in [0.2, 0.25) is 15.2 Å². The number of rotatable bonds is 4. The molecule has 128 valence electrons. The molecule has 0 amide bonds. The molecule has 25 heavy (non-hydrogen) atoms. The van der Waals surface area contributed by atoms with Crippen LogP contribution in [0.25, 0.3) is 10.9 Å². The van der Waals surface area contributed by atoms with Crippen molar-refractivity contribution in [3.63, 3.8) is 0 Å². The Morgan fingerprint density at radius 1 is 1.28 bits per heavy atom. The van der Waals surface area contributed by atoms with Crippen molar-refractivity contribution >= 4 is 63.6 Å². The zero-order chi connectivity index (χ0) is 18.1. The van der Waals surface area contributed by atoms with Gasteiger partial charge < -0.3 is 10.1 Å². The van der Waals surface area contributed by atoms with E-state index in [0.717, 1.165) is 22.2 Å². The number of carbonyl (C=O) groups is 1. The summed E-state index contributed by atoms with van der Waals surface area (Å²) in [7, 11) is 0. The number of hydrogen-bond donors (Lipinski definition) is 3. The first-order valence-corrected chi connectivity index (χ1v) is 8.17. The van der Waals surface area contributed by atoms with E-state index in [1.165, 1.54) is 0 Å². The Morgan fingerprint density at radius 3 is 2.72 bits per heavy atom. The van der Waals surface area contributed by atoms with Gasteiger partial charge >= 0.3 is 5.97 Å². The summed E-state index contributed by atoms with van der Waals surface area (Å²) in [5, 5.41) is 13.9. The number of nitrogens with zero attached hydrogens (tertiary/aromatic N) is 2. The fourth-order valence-corrected chi connectivity index (χ4v) is 3.05. The van der Waals surface area contributed by atoms with Gasteiger partial charge in [0.2, 0.25) is 0 Å². The lowest BCUT2D eigenvalue weighted by Gasteiger charge is -2.09. The van der Waals surface area contributed by atoms with Gasteiger partial charge in [-0.2, -0.15) is 5.10 Å². The van der Waals surface area contributed by atoms with Crippen molar-refractivity contribution < 1.29 is 9.90 Å². The van der Waals surface area contributed by atoms with Crippen molar-refractivity contribution in [3.05, 3.63) is 56.4 Å². The monoisotopic (exact) mass is 396 g/mol. The molecule has 0 radical (unpaired) electrons. The number of H-pyrrole nitrogens is 1. The van der Waals surface area contributed by atoms with Gasteiger partial charge in [0.1, 0.15) is 10.0 Å². The Morgan fingerprint density at radius 2 is 2.00 bits per heavy atom. The van der Waals surface area contributed by atoms with E-state index in [1.807, 2.05) is 31.2 Å². The predicted octanol–water partition coefficient (Wildman–Crippen LogP) is 4.98. The summed E-state index contributed by atoms with van der Waals surface area (Å²) < 4.78 is 0. The number of para-hydroxylation sites is 1. The van der Waals surface area contributed by atoms with Crippen LogP contribution >= 0.6 is 34.8 Å². The molecule has 0 atom stereocenters. The molecule has 0 aliphatic heterocycles. The molecule has 2 heterocycles. The maximum absolute atomic E-state index is 11.2. The van der Waals surface area contributed by atoms with E-state index < -0.39 is 11.7 Å². The number of aryl methyl sites for hydroxylation is 1. The molecule has 0 saturated carbocycles. The van der Waals surface area contributed by atoms with Crippen LogP contribution in [0.3, 0.4) is 0 Å². The van der Waals surface area contributed by atoms with Gasteiger partial charge in [-0.1, -0.05) is 53.0 Å². The number of aromatic nitrogens is 2. The van der Waals surface area contributed by atoms with Gasteiger partial charge in [-0.3, -0.25) is 5.43 Å². The first-order chi connectivity index (χ1) is 11.9. The highest BCUT2D eigenvalue weighted by Gasteiger charge is 2.20. The Hall–Kier alpha value is -2.28. The fraction of sp³-hybridized carbons (Fsp3) is 0.0625. The fourth-order valence-electron chi connectivity index (χ4n) is 2.38. The van der Waals surface area contributed by atoms with Crippen molar-refractivity contribution in [2.24, 2.45) is 5.10 Å². The molecule has 0 bridgehead atoms. The summed E-state index contributed by atoms with van der Waals surface area (Å²) in [5.41, 5.74) is 5.12. The summed E-state index contributed by atoms with van der Waals surface area (Å²) >= 11 is 17.9. The standard InChI is InChI=1S/C16H11Cl3N4O2/c1-7-9(8-4-2-3-5-10(8)21-7)6-20-23-13-11(17)14(16(24)25)22-15(19)12(13)18/h2-6,21H,1H3,(H,22,23)(H,24,25)/b20-6+. The van der Waals surface area contributed by atoms with Gasteiger partial charge in [0, 0.05) is 22.2 Å². The zero-order valence-corrected chi connectivity index (χ0v) is 15.0. The quantitative estimate of drug-likeness (QED) is 0.329. The number of carboxylic acids is 1. The number of benzene rings is 1. The molecule has 3 rings (SSSR count). The van der Waals surface area contributed by atoms with Gasteiger partial charge in [0.15, 0.2) is 10.8 Å². The molecule has 2 aromatic heterocycles. The smallest absolute Gasteiger partial charge is 0.356 e. The molecule has 0 aliphatic rings. The summed E-state index contributed by atoms with van der Waals surface area (Å²) in [5.74, 6) is -1.32. The number of carboxylic acid groups (broad SMARTS) is 1. The highest BCUT2D eigenvalue weighted by atomic mass is 35.5. The van der Waals surface area contributed by atoms with E-state index in [0.29, 0.717) is 0 Å². The number of pyridine rings is 1. The van der Waals surface area contributed by atoms with Crippen molar-refractivity contribution in [2.45, 2.75) is 6.92 Å². The third-order valence-electron chi connectivity index (χ3n) is 3.55. The average Bonchev–Trinajstić information content (AvgIpc) is 2.89. The normalized spacial score (nSPS) is 11.4. The number of fused-ring (bicyclic) bond motifs is 1. The van der Waals surface area contributed by atoms with Gasteiger partial charge in [0.05, 0.1) is 11.9 Å². The van der Waals surface area contributed by atoms with Crippen LogP contribution in [-0.4, -0.2) is 27.3 Å². The van der Waals surface area contributed by atoms with Gasteiger partial charge in [-0.15, -0.1) is 0 Å². The molecule has 0 unspecified atom stereocenters. The number of hydrazone groups is 1. The summed E-state index contributed by atoms with van der Waals surface area (Å²) in [6.07, 6.45) is 1.59. The second kappa shape index (κ2) is 6.92. The Kier molecular flexibility index (Phi) is 4.85. The third-order valence-corrected chi connectivity index (χ3v) is 4.66. The second-order valence-corrected chi connectivity index (χ2v) is 6.25. The van der Waals surface area contributed by atoms with Crippen molar-refractivity contribution in [2.75, 3.05) is 5.43 Å². The minimum Gasteiger partial charge on any atom is -0.476 e. The molecule has 1 aromatic carbocycles. The molecular weight excluding hydrogens is 387 g/mol. The van der Waals surface area contributed by atoms with Crippen LogP contribution in [0, 0.1) is 6.92 Å². The summed E-state index contributed by atoms with van der Waals surface area (Å²) in [4.78, 5) is 18.1. The second-order valence-electron chi connectivity index (χ2n) is 5.14. The van der Waals surface area contributed by atoms with E-state index in [9.17, 15) is 4.79 Å². The SMILES string of the molecule is Cc1[nH]c2ccccc2c1/C=N/Nc1c(Cl)c(Cl)nc(C(=O)O)c1Cl.